The van der Waals surface area contributed by atoms with Crippen molar-refractivity contribution in [3.63, 3.8) is 0 Å². The number of benzene rings is 1. The lowest BCUT2D eigenvalue weighted by Crippen LogP contribution is -1.99. The fourth-order valence-electron chi connectivity index (χ4n) is 1.69. The minimum absolute atomic E-state index is 0.0912. The second kappa shape index (κ2) is 3.31. The zero-order valence-electron chi connectivity index (χ0n) is 8.52. The van der Waals surface area contributed by atoms with Crippen LogP contribution in [0.25, 0.3) is 10.9 Å². The molecule has 2 rings (SSSR count). The molecular formula is C11H11NO3. The van der Waals surface area contributed by atoms with Gasteiger partial charge in [-0.3, -0.25) is 0 Å². The second-order valence-corrected chi connectivity index (χ2v) is 3.32. The molecule has 78 valence electrons. The number of ether oxygens (including phenoxy) is 1. The first-order chi connectivity index (χ1) is 7.15. The highest BCUT2D eigenvalue weighted by atomic mass is 16.5. The maximum Gasteiger partial charge on any atom is 0.340 e. The standard InChI is InChI=1S/C11H11NO3/c1-12-6-7(11(14)15-2)10-8(12)4-3-5-9(10)13/h3-6,13H,1-2H3. The van der Waals surface area contributed by atoms with Crippen molar-refractivity contribution in [1.82, 2.24) is 4.57 Å². The number of carbonyl (C=O) groups excluding carboxylic acids is 1. The summed E-state index contributed by atoms with van der Waals surface area (Å²) in [7, 11) is 3.13. The van der Waals surface area contributed by atoms with E-state index in [4.69, 9.17) is 0 Å². The number of rotatable bonds is 1. The molecule has 0 atom stereocenters. The van der Waals surface area contributed by atoms with Crippen LogP contribution < -0.4 is 0 Å². The number of hydrogen-bond acceptors (Lipinski definition) is 3. The Hall–Kier alpha value is -1.97. The van der Waals surface area contributed by atoms with E-state index in [1.165, 1.54) is 7.11 Å². The van der Waals surface area contributed by atoms with Crippen LogP contribution in [0.5, 0.6) is 5.75 Å². The smallest absolute Gasteiger partial charge is 0.340 e. The molecule has 0 unspecified atom stereocenters. The Morgan fingerprint density at radius 2 is 2.20 bits per heavy atom. The normalized spacial score (nSPS) is 10.5. The molecule has 1 aromatic heterocycles. The summed E-state index contributed by atoms with van der Waals surface area (Å²) in [6.07, 6.45) is 1.65. The molecule has 0 bridgehead atoms. The van der Waals surface area contributed by atoms with Gasteiger partial charge < -0.3 is 14.4 Å². The maximum atomic E-state index is 11.4. The SMILES string of the molecule is COC(=O)c1cn(C)c2cccc(O)c12. The molecule has 0 saturated carbocycles. The van der Waals surface area contributed by atoms with Gasteiger partial charge in [0, 0.05) is 13.2 Å². The predicted molar refractivity (Wildman–Crippen MR) is 55.9 cm³/mol. The van der Waals surface area contributed by atoms with Crippen LogP contribution >= 0.6 is 0 Å². The number of esters is 1. The molecule has 0 spiro atoms. The van der Waals surface area contributed by atoms with Gasteiger partial charge in [0.1, 0.15) is 5.75 Å². The lowest BCUT2D eigenvalue weighted by Gasteiger charge is -1.99. The Kier molecular flexibility index (Phi) is 2.11. The van der Waals surface area contributed by atoms with E-state index in [2.05, 4.69) is 4.74 Å². The number of aromatic nitrogens is 1. The molecular weight excluding hydrogens is 194 g/mol. The van der Waals surface area contributed by atoms with E-state index in [9.17, 15) is 9.90 Å². The molecule has 1 aromatic carbocycles. The van der Waals surface area contributed by atoms with Gasteiger partial charge in [0.15, 0.2) is 0 Å². The van der Waals surface area contributed by atoms with Gasteiger partial charge in [-0.1, -0.05) is 6.07 Å². The molecule has 0 aliphatic rings. The molecule has 4 heteroatoms. The highest BCUT2D eigenvalue weighted by molar-refractivity contribution is 6.06. The zero-order chi connectivity index (χ0) is 11.0. The first-order valence-electron chi connectivity index (χ1n) is 4.50. The van der Waals surface area contributed by atoms with Gasteiger partial charge in [-0.25, -0.2) is 4.79 Å². The summed E-state index contributed by atoms with van der Waals surface area (Å²) >= 11 is 0. The number of methoxy groups -OCH3 is 1. The Labute approximate surface area is 86.7 Å². The van der Waals surface area contributed by atoms with Crippen LogP contribution in [-0.2, 0) is 11.8 Å². The topological polar surface area (TPSA) is 51.5 Å². The molecule has 15 heavy (non-hydrogen) atoms. The van der Waals surface area contributed by atoms with Crippen LogP contribution in [0, 0.1) is 0 Å². The molecule has 2 aromatic rings. The summed E-state index contributed by atoms with van der Waals surface area (Å²) < 4.78 is 6.43. The van der Waals surface area contributed by atoms with Gasteiger partial charge in [-0.15, -0.1) is 0 Å². The molecule has 0 aliphatic heterocycles. The quantitative estimate of drug-likeness (QED) is 0.720. The molecule has 0 aliphatic carbocycles. The molecule has 0 radical (unpaired) electrons. The van der Waals surface area contributed by atoms with Crippen LogP contribution in [0.3, 0.4) is 0 Å². The highest BCUT2D eigenvalue weighted by Gasteiger charge is 2.16. The van der Waals surface area contributed by atoms with Crippen molar-refractivity contribution in [1.29, 1.82) is 0 Å². The van der Waals surface area contributed by atoms with E-state index < -0.39 is 5.97 Å². The van der Waals surface area contributed by atoms with Gasteiger partial charge in [-0.05, 0) is 12.1 Å². The van der Waals surface area contributed by atoms with Gasteiger partial charge in [0.05, 0.1) is 23.6 Å². The minimum Gasteiger partial charge on any atom is -0.507 e. The van der Waals surface area contributed by atoms with Crippen molar-refractivity contribution in [3.8, 4) is 5.75 Å². The van der Waals surface area contributed by atoms with Gasteiger partial charge in [-0.2, -0.15) is 0 Å². The lowest BCUT2D eigenvalue weighted by molar-refractivity contribution is 0.0602. The van der Waals surface area contributed by atoms with Crippen LogP contribution in [0.1, 0.15) is 10.4 Å². The minimum atomic E-state index is -0.443. The number of phenols is 1. The zero-order valence-corrected chi connectivity index (χ0v) is 8.52. The van der Waals surface area contributed by atoms with E-state index in [0.717, 1.165) is 5.52 Å². The van der Waals surface area contributed by atoms with Crippen LogP contribution in [0.15, 0.2) is 24.4 Å². The van der Waals surface area contributed by atoms with E-state index >= 15 is 0 Å². The molecule has 1 N–H and O–H groups in total. The van der Waals surface area contributed by atoms with E-state index in [-0.39, 0.29) is 5.75 Å². The van der Waals surface area contributed by atoms with Crippen molar-refractivity contribution in [2.75, 3.05) is 7.11 Å². The number of phenolic OH excluding ortho intramolecular Hbond substituents is 1. The molecule has 0 saturated heterocycles. The Morgan fingerprint density at radius 1 is 1.47 bits per heavy atom. The summed E-state index contributed by atoms with van der Waals surface area (Å²) in [4.78, 5) is 11.4. The molecule has 0 amide bonds. The van der Waals surface area contributed by atoms with Crippen molar-refractivity contribution in [2.24, 2.45) is 7.05 Å². The van der Waals surface area contributed by atoms with E-state index in [1.807, 2.05) is 13.1 Å². The lowest BCUT2D eigenvalue weighted by atomic mass is 10.1. The summed E-state index contributed by atoms with van der Waals surface area (Å²) in [5.41, 5.74) is 1.18. The number of nitrogens with zero attached hydrogens (tertiary/aromatic N) is 1. The van der Waals surface area contributed by atoms with Gasteiger partial charge in [0.25, 0.3) is 0 Å². The third kappa shape index (κ3) is 1.34. The van der Waals surface area contributed by atoms with Crippen LogP contribution in [0.4, 0.5) is 0 Å². The molecule has 0 fully saturated rings. The average molecular weight is 205 g/mol. The van der Waals surface area contributed by atoms with Gasteiger partial charge >= 0.3 is 5.97 Å². The van der Waals surface area contributed by atoms with E-state index in [0.29, 0.717) is 10.9 Å². The van der Waals surface area contributed by atoms with Crippen molar-refractivity contribution in [2.45, 2.75) is 0 Å². The Morgan fingerprint density at radius 3 is 2.87 bits per heavy atom. The number of hydrogen-bond donors (Lipinski definition) is 1. The Balaban J connectivity index is 2.81. The predicted octanol–water partition coefficient (Wildman–Crippen LogP) is 1.67. The monoisotopic (exact) mass is 205 g/mol. The van der Waals surface area contributed by atoms with E-state index in [1.54, 1.807) is 22.9 Å². The fraction of sp³-hybridized carbons (Fsp3) is 0.182. The van der Waals surface area contributed by atoms with Crippen LogP contribution in [-0.4, -0.2) is 22.8 Å². The summed E-state index contributed by atoms with van der Waals surface area (Å²) in [5.74, 6) is -0.351. The first kappa shape index (κ1) is 9.58. The van der Waals surface area contributed by atoms with Gasteiger partial charge in [0.2, 0.25) is 0 Å². The number of aromatic hydroxyl groups is 1. The highest BCUT2D eigenvalue weighted by Crippen LogP contribution is 2.29. The molecule has 1 heterocycles. The second-order valence-electron chi connectivity index (χ2n) is 3.32. The maximum absolute atomic E-state index is 11.4. The van der Waals surface area contributed by atoms with Crippen molar-refractivity contribution in [3.05, 3.63) is 30.0 Å². The van der Waals surface area contributed by atoms with Crippen LogP contribution in [0.2, 0.25) is 0 Å². The summed E-state index contributed by atoms with van der Waals surface area (Å²) in [5, 5.41) is 10.2. The van der Waals surface area contributed by atoms with Crippen molar-refractivity contribution >= 4 is 16.9 Å². The average Bonchev–Trinajstić information content (AvgIpc) is 2.57. The third-order valence-corrected chi connectivity index (χ3v) is 2.40. The number of aryl methyl sites for hydroxylation is 1. The van der Waals surface area contributed by atoms with Crippen molar-refractivity contribution < 1.29 is 14.6 Å². The Bertz CT molecular complexity index is 528. The summed E-state index contributed by atoms with van der Waals surface area (Å²) in [6, 6.07) is 5.12. The molecule has 4 nitrogen and oxygen atoms in total. The third-order valence-electron chi connectivity index (χ3n) is 2.40. The first-order valence-corrected chi connectivity index (χ1v) is 4.50. The number of carbonyl (C=O) groups is 1. The largest absolute Gasteiger partial charge is 0.507 e. The summed E-state index contributed by atoms with van der Waals surface area (Å²) in [6.45, 7) is 0. The number of fused-ring (bicyclic) bond motifs is 1. The fourth-order valence-corrected chi connectivity index (χ4v) is 1.69.